The first-order valence-electron chi connectivity index (χ1n) is 11.7. The Morgan fingerprint density at radius 1 is 1.06 bits per heavy atom. The summed E-state index contributed by atoms with van der Waals surface area (Å²) in [5.41, 5.74) is 5.07. The van der Waals surface area contributed by atoms with Gasteiger partial charge in [0.15, 0.2) is 0 Å². The Morgan fingerprint density at radius 3 is 2.55 bits per heavy atom. The van der Waals surface area contributed by atoms with Crippen molar-refractivity contribution in [3.05, 3.63) is 70.7 Å². The molecule has 2 heterocycles. The number of aliphatic hydroxyl groups is 1. The van der Waals surface area contributed by atoms with E-state index in [1.807, 2.05) is 0 Å². The van der Waals surface area contributed by atoms with Crippen molar-refractivity contribution in [2.24, 2.45) is 5.92 Å². The standard InChI is InChI=1S/C27H33FN2O/c1-19-8-13-25-24(16-19)23-14-15-29(2)17-26(23)30(25)18-27(31,20-6-4-3-5-7-20)21-9-11-22(28)12-10-21/h8-13,16,20,31H,3-7,14-15,17-18H2,1-2H3. The number of halogens is 1. The number of benzene rings is 2. The zero-order valence-electron chi connectivity index (χ0n) is 18.7. The molecule has 2 aromatic carbocycles. The van der Waals surface area contributed by atoms with Gasteiger partial charge < -0.3 is 14.6 Å². The smallest absolute Gasteiger partial charge is 0.123 e. The Bertz CT molecular complexity index is 1080. The fourth-order valence-corrected chi connectivity index (χ4v) is 5.88. The predicted octanol–water partition coefficient (Wildman–Crippen LogP) is 5.54. The molecule has 5 rings (SSSR count). The van der Waals surface area contributed by atoms with Crippen molar-refractivity contribution in [2.75, 3.05) is 13.6 Å². The molecule has 1 N–H and O–H groups in total. The minimum absolute atomic E-state index is 0.187. The van der Waals surface area contributed by atoms with Crippen molar-refractivity contribution < 1.29 is 9.50 Å². The summed E-state index contributed by atoms with van der Waals surface area (Å²) in [4.78, 5) is 2.36. The predicted molar refractivity (Wildman–Crippen MR) is 124 cm³/mol. The van der Waals surface area contributed by atoms with Crippen LogP contribution in [-0.4, -0.2) is 28.2 Å². The number of aryl methyl sites for hydroxylation is 1. The van der Waals surface area contributed by atoms with E-state index in [1.165, 1.54) is 46.3 Å². The topological polar surface area (TPSA) is 28.4 Å². The normalized spacial score (nSPS) is 20.0. The average molecular weight is 421 g/mol. The molecule has 31 heavy (non-hydrogen) atoms. The molecule has 4 heteroatoms. The molecule has 1 fully saturated rings. The minimum Gasteiger partial charge on any atom is -0.383 e. The Morgan fingerprint density at radius 2 is 1.81 bits per heavy atom. The van der Waals surface area contributed by atoms with E-state index in [0.717, 1.165) is 50.8 Å². The highest BCUT2D eigenvalue weighted by atomic mass is 19.1. The lowest BCUT2D eigenvalue weighted by Gasteiger charge is -2.40. The van der Waals surface area contributed by atoms with Gasteiger partial charge in [0, 0.05) is 29.7 Å². The molecule has 164 valence electrons. The van der Waals surface area contributed by atoms with E-state index in [-0.39, 0.29) is 11.7 Å². The SMILES string of the molecule is Cc1ccc2c(c1)c1c(n2CC(O)(c2ccc(F)cc2)C2CCCCC2)CN(C)CC1. The molecule has 1 saturated carbocycles. The molecule has 0 spiro atoms. The fraction of sp³-hybridized carbons (Fsp3) is 0.481. The molecule has 0 bridgehead atoms. The Balaban J connectivity index is 1.66. The monoisotopic (exact) mass is 420 g/mol. The van der Waals surface area contributed by atoms with E-state index in [4.69, 9.17) is 0 Å². The van der Waals surface area contributed by atoms with Gasteiger partial charge in [-0.25, -0.2) is 4.39 Å². The molecule has 1 aliphatic carbocycles. The first-order valence-corrected chi connectivity index (χ1v) is 11.7. The number of nitrogens with zero attached hydrogens (tertiary/aromatic N) is 2. The summed E-state index contributed by atoms with van der Waals surface area (Å²) in [6, 6.07) is 13.2. The van der Waals surface area contributed by atoms with Crippen molar-refractivity contribution in [1.82, 2.24) is 9.47 Å². The molecule has 1 aliphatic heterocycles. The van der Waals surface area contributed by atoms with Crippen LogP contribution < -0.4 is 0 Å². The van der Waals surface area contributed by atoms with Crippen LogP contribution in [-0.2, 0) is 25.1 Å². The highest BCUT2D eigenvalue weighted by molar-refractivity contribution is 5.86. The van der Waals surface area contributed by atoms with Crippen LogP contribution in [0, 0.1) is 18.7 Å². The summed E-state index contributed by atoms with van der Waals surface area (Å²) < 4.78 is 16.1. The average Bonchev–Trinajstić information content (AvgIpc) is 3.06. The van der Waals surface area contributed by atoms with E-state index in [1.54, 1.807) is 12.1 Å². The fourth-order valence-electron chi connectivity index (χ4n) is 5.88. The number of aromatic nitrogens is 1. The van der Waals surface area contributed by atoms with Gasteiger partial charge >= 0.3 is 0 Å². The number of hydrogen-bond acceptors (Lipinski definition) is 2. The van der Waals surface area contributed by atoms with Gasteiger partial charge in [0.2, 0.25) is 0 Å². The van der Waals surface area contributed by atoms with Crippen LogP contribution in [0.2, 0.25) is 0 Å². The quantitative estimate of drug-likeness (QED) is 0.600. The van der Waals surface area contributed by atoms with E-state index in [0.29, 0.717) is 6.54 Å². The highest BCUT2D eigenvalue weighted by Gasteiger charge is 2.40. The van der Waals surface area contributed by atoms with Gasteiger partial charge in [-0.05, 0) is 74.5 Å². The number of rotatable bonds is 4. The lowest BCUT2D eigenvalue weighted by atomic mass is 9.73. The molecule has 0 radical (unpaired) electrons. The van der Waals surface area contributed by atoms with Crippen LogP contribution in [0.4, 0.5) is 4.39 Å². The first-order chi connectivity index (χ1) is 15.0. The molecular weight excluding hydrogens is 387 g/mol. The van der Waals surface area contributed by atoms with E-state index >= 15 is 0 Å². The molecule has 1 atom stereocenters. The third kappa shape index (κ3) is 3.70. The summed E-state index contributed by atoms with van der Waals surface area (Å²) in [6.45, 7) is 4.62. The van der Waals surface area contributed by atoms with Gasteiger partial charge in [-0.3, -0.25) is 0 Å². The lowest BCUT2D eigenvalue weighted by Crippen LogP contribution is -2.41. The van der Waals surface area contributed by atoms with E-state index < -0.39 is 5.60 Å². The summed E-state index contributed by atoms with van der Waals surface area (Å²) in [6.07, 6.45) is 6.63. The number of hydrogen-bond donors (Lipinski definition) is 1. The first kappa shape index (κ1) is 20.7. The lowest BCUT2D eigenvalue weighted by molar-refractivity contribution is -0.0531. The second-order valence-corrected chi connectivity index (χ2v) is 9.79. The van der Waals surface area contributed by atoms with Crippen molar-refractivity contribution in [3.63, 3.8) is 0 Å². The van der Waals surface area contributed by atoms with Crippen LogP contribution in [0.3, 0.4) is 0 Å². The Kier molecular flexibility index (Phi) is 5.39. The molecule has 2 aliphatic rings. The molecule has 3 nitrogen and oxygen atoms in total. The van der Waals surface area contributed by atoms with Gasteiger partial charge in [0.1, 0.15) is 11.4 Å². The largest absolute Gasteiger partial charge is 0.383 e. The maximum Gasteiger partial charge on any atom is 0.123 e. The van der Waals surface area contributed by atoms with Crippen LogP contribution >= 0.6 is 0 Å². The molecule has 3 aromatic rings. The molecule has 0 saturated heterocycles. The maximum atomic E-state index is 13.7. The second kappa shape index (κ2) is 8.07. The van der Waals surface area contributed by atoms with Crippen LogP contribution in [0.25, 0.3) is 10.9 Å². The molecular formula is C27H33FN2O. The molecule has 0 amide bonds. The third-order valence-electron chi connectivity index (χ3n) is 7.63. The van der Waals surface area contributed by atoms with Gasteiger partial charge in [0.05, 0.1) is 6.54 Å². The summed E-state index contributed by atoms with van der Waals surface area (Å²) >= 11 is 0. The summed E-state index contributed by atoms with van der Waals surface area (Å²) in [5, 5.41) is 13.6. The number of fused-ring (bicyclic) bond motifs is 3. The summed E-state index contributed by atoms with van der Waals surface area (Å²) in [7, 11) is 2.17. The maximum absolute atomic E-state index is 13.7. The minimum atomic E-state index is -1.01. The molecule has 1 unspecified atom stereocenters. The zero-order chi connectivity index (χ0) is 21.6. The van der Waals surface area contributed by atoms with Crippen molar-refractivity contribution >= 4 is 10.9 Å². The van der Waals surface area contributed by atoms with Gasteiger partial charge in [-0.15, -0.1) is 0 Å². The second-order valence-electron chi connectivity index (χ2n) is 9.79. The zero-order valence-corrected chi connectivity index (χ0v) is 18.7. The van der Waals surface area contributed by atoms with Crippen molar-refractivity contribution in [3.8, 4) is 0 Å². The highest BCUT2D eigenvalue weighted by Crippen LogP contribution is 2.42. The third-order valence-corrected chi connectivity index (χ3v) is 7.63. The van der Waals surface area contributed by atoms with Crippen LogP contribution in [0.15, 0.2) is 42.5 Å². The van der Waals surface area contributed by atoms with Crippen LogP contribution in [0.1, 0.15) is 54.5 Å². The van der Waals surface area contributed by atoms with Crippen LogP contribution in [0.5, 0.6) is 0 Å². The Labute approximate surface area is 184 Å². The summed E-state index contributed by atoms with van der Waals surface area (Å²) in [5.74, 6) is -0.0674. The van der Waals surface area contributed by atoms with Gasteiger partial charge in [0.25, 0.3) is 0 Å². The Hall–Kier alpha value is -2.17. The van der Waals surface area contributed by atoms with E-state index in [9.17, 15) is 9.50 Å². The van der Waals surface area contributed by atoms with E-state index in [2.05, 4.69) is 41.6 Å². The van der Waals surface area contributed by atoms with Crippen molar-refractivity contribution in [2.45, 2.75) is 64.1 Å². The number of likely N-dealkylation sites (N-methyl/N-ethyl adjacent to an activating group) is 1. The van der Waals surface area contributed by atoms with Gasteiger partial charge in [-0.1, -0.05) is 43.0 Å². The van der Waals surface area contributed by atoms with Crippen molar-refractivity contribution in [1.29, 1.82) is 0 Å². The molecule has 1 aromatic heterocycles. The van der Waals surface area contributed by atoms with Gasteiger partial charge in [-0.2, -0.15) is 0 Å².